The van der Waals surface area contributed by atoms with Crippen LogP contribution < -0.4 is 20.6 Å². The molecule has 35 heavy (non-hydrogen) atoms. The van der Waals surface area contributed by atoms with Gasteiger partial charge in [-0.15, -0.1) is 0 Å². The van der Waals surface area contributed by atoms with Crippen LogP contribution >= 0.6 is 0 Å². The van der Waals surface area contributed by atoms with Gasteiger partial charge in [-0.1, -0.05) is 30.3 Å². The lowest BCUT2D eigenvalue weighted by atomic mass is 10.0. The lowest BCUT2D eigenvalue weighted by Crippen LogP contribution is -2.46. The quantitative estimate of drug-likeness (QED) is 0.558. The highest BCUT2D eigenvalue weighted by Gasteiger charge is 2.34. The van der Waals surface area contributed by atoms with Crippen LogP contribution in [-0.2, 0) is 24.4 Å². The Morgan fingerprint density at radius 1 is 1.06 bits per heavy atom. The average Bonchev–Trinajstić information content (AvgIpc) is 3.36. The zero-order valence-electron chi connectivity index (χ0n) is 19.6. The van der Waals surface area contributed by atoms with Gasteiger partial charge in [-0.3, -0.25) is 14.6 Å². The van der Waals surface area contributed by atoms with Gasteiger partial charge < -0.3 is 10.1 Å². The maximum Gasteiger partial charge on any atom is 0.354 e. The zero-order valence-corrected chi connectivity index (χ0v) is 19.6. The summed E-state index contributed by atoms with van der Waals surface area (Å²) >= 11 is 0. The van der Waals surface area contributed by atoms with Crippen molar-refractivity contribution in [2.45, 2.75) is 38.5 Å². The first-order chi connectivity index (χ1) is 17.0. The Kier molecular flexibility index (Phi) is 6.37. The van der Waals surface area contributed by atoms with Gasteiger partial charge in [0.05, 0.1) is 13.7 Å². The van der Waals surface area contributed by atoms with E-state index < -0.39 is 11.7 Å². The predicted octanol–water partition coefficient (Wildman–Crippen LogP) is 1.82. The fourth-order valence-electron chi connectivity index (χ4n) is 4.63. The molecular formula is C25H28N6O4. The smallest absolute Gasteiger partial charge is 0.354 e. The first-order valence-electron chi connectivity index (χ1n) is 11.7. The van der Waals surface area contributed by atoms with Crippen molar-refractivity contribution in [3.05, 3.63) is 76.5 Å². The number of aromatic nitrogens is 3. The Bertz CT molecular complexity index is 1260. The molecule has 5 rings (SSSR count). The highest BCUT2D eigenvalue weighted by Crippen LogP contribution is 2.24. The lowest BCUT2D eigenvalue weighted by Gasteiger charge is -2.32. The van der Waals surface area contributed by atoms with Gasteiger partial charge in [-0.05, 0) is 42.7 Å². The summed E-state index contributed by atoms with van der Waals surface area (Å²) in [5, 5.41) is 7.27. The number of hydrogen-bond donors (Lipinski definition) is 1. The topological polar surface area (TPSA) is 102 Å². The number of hydrogen-bond acceptors (Lipinski definition) is 6. The first kappa shape index (κ1) is 22.9. The lowest BCUT2D eigenvalue weighted by molar-refractivity contribution is -0.122. The van der Waals surface area contributed by atoms with Gasteiger partial charge in [0.15, 0.2) is 5.82 Å². The van der Waals surface area contributed by atoms with Crippen LogP contribution in [0.3, 0.4) is 0 Å². The number of piperidine rings is 1. The summed E-state index contributed by atoms with van der Waals surface area (Å²) in [5.41, 5.74) is 1.32. The summed E-state index contributed by atoms with van der Waals surface area (Å²) in [6, 6.07) is 16.9. The molecule has 2 aromatic carbocycles. The van der Waals surface area contributed by atoms with Crippen LogP contribution in [0.4, 0.5) is 10.5 Å². The molecule has 1 N–H and O–H groups in total. The van der Waals surface area contributed by atoms with E-state index in [1.54, 1.807) is 31.4 Å². The number of likely N-dealkylation sites (tertiary alicyclic amines) is 1. The molecule has 0 unspecified atom stereocenters. The maximum absolute atomic E-state index is 12.8. The van der Waals surface area contributed by atoms with Crippen molar-refractivity contribution in [2.24, 2.45) is 0 Å². The fraction of sp³-hybridized carbons (Fsp3) is 0.360. The van der Waals surface area contributed by atoms with Gasteiger partial charge in [0.2, 0.25) is 5.91 Å². The molecule has 1 aromatic heterocycles. The Balaban J connectivity index is 1.15. The number of nitrogens with zero attached hydrogens (tertiary/aromatic N) is 5. The highest BCUT2D eigenvalue weighted by atomic mass is 16.5. The second-order valence-corrected chi connectivity index (χ2v) is 8.86. The monoisotopic (exact) mass is 476 g/mol. The van der Waals surface area contributed by atoms with Gasteiger partial charge in [0.1, 0.15) is 12.3 Å². The molecule has 0 spiro atoms. The number of ether oxygens (including phenoxy) is 1. The van der Waals surface area contributed by atoms with Gasteiger partial charge >= 0.3 is 11.7 Å². The molecule has 1 fully saturated rings. The number of carbonyl (C=O) groups is 2. The molecule has 10 nitrogen and oxygen atoms in total. The second-order valence-electron chi connectivity index (χ2n) is 8.86. The van der Waals surface area contributed by atoms with Gasteiger partial charge in [-0.2, -0.15) is 9.67 Å². The molecular weight excluding hydrogens is 448 g/mol. The number of fused-ring (bicyclic) bond motifs is 1. The molecule has 3 aromatic rings. The normalized spacial score (nSPS) is 16.4. The van der Waals surface area contributed by atoms with Crippen molar-refractivity contribution in [2.75, 3.05) is 25.1 Å². The largest absolute Gasteiger partial charge is 0.497 e. The third kappa shape index (κ3) is 4.83. The Morgan fingerprint density at radius 2 is 1.77 bits per heavy atom. The summed E-state index contributed by atoms with van der Waals surface area (Å²) in [6.45, 7) is 2.65. The molecule has 10 heteroatoms. The second kappa shape index (κ2) is 9.75. The minimum Gasteiger partial charge on any atom is -0.497 e. The van der Waals surface area contributed by atoms with Crippen molar-refractivity contribution in [1.82, 2.24) is 24.6 Å². The van der Waals surface area contributed by atoms with Crippen molar-refractivity contribution in [3.8, 4) is 5.75 Å². The standard InChI is InChI=1S/C25H28N6O4/c1-35-21-9-7-20(8-10-21)29-16-22-27-30(25(34)31(22)24(29)33)17-23(32)26-19-11-13-28(14-12-19)15-18-5-3-2-4-6-18/h2-10,19H,11-17H2,1H3,(H,26,32). The molecule has 0 atom stereocenters. The number of rotatable bonds is 7. The molecule has 2 amide bonds. The minimum atomic E-state index is -0.603. The summed E-state index contributed by atoms with van der Waals surface area (Å²) < 4.78 is 7.24. The van der Waals surface area contributed by atoms with E-state index in [1.165, 1.54) is 10.5 Å². The number of benzene rings is 2. The van der Waals surface area contributed by atoms with Crippen LogP contribution in [0.15, 0.2) is 59.4 Å². The number of carbonyl (C=O) groups excluding carboxylic acids is 2. The van der Waals surface area contributed by atoms with Crippen LogP contribution in [-0.4, -0.2) is 57.4 Å². The molecule has 2 aliphatic rings. The average molecular weight is 477 g/mol. The summed E-state index contributed by atoms with van der Waals surface area (Å²) in [4.78, 5) is 42.1. The number of nitrogens with one attached hydrogen (secondary N) is 1. The Morgan fingerprint density at radius 3 is 2.43 bits per heavy atom. The third-order valence-corrected chi connectivity index (χ3v) is 6.51. The summed E-state index contributed by atoms with van der Waals surface area (Å²) in [6.07, 6.45) is 1.70. The van der Waals surface area contributed by atoms with E-state index in [0.717, 1.165) is 41.7 Å². The van der Waals surface area contributed by atoms with E-state index >= 15 is 0 Å². The van der Waals surface area contributed by atoms with Crippen molar-refractivity contribution in [3.63, 3.8) is 0 Å². The number of anilines is 1. The van der Waals surface area contributed by atoms with Crippen molar-refractivity contribution < 1.29 is 14.3 Å². The fourth-order valence-corrected chi connectivity index (χ4v) is 4.63. The summed E-state index contributed by atoms with van der Waals surface area (Å²) in [7, 11) is 1.57. The maximum atomic E-state index is 12.8. The molecule has 1 saturated heterocycles. The van der Waals surface area contributed by atoms with Crippen molar-refractivity contribution >= 4 is 17.6 Å². The number of amides is 2. The highest BCUT2D eigenvalue weighted by molar-refractivity contribution is 5.96. The van der Waals surface area contributed by atoms with E-state index in [1.807, 2.05) is 18.2 Å². The zero-order chi connectivity index (χ0) is 24.4. The SMILES string of the molecule is COc1ccc(N2Cc3nn(CC(=O)NC4CCN(Cc5ccccc5)CC4)c(=O)n3C2=O)cc1. The van der Waals surface area contributed by atoms with E-state index in [4.69, 9.17) is 4.74 Å². The third-order valence-electron chi connectivity index (χ3n) is 6.51. The van der Waals surface area contributed by atoms with E-state index in [0.29, 0.717) is 17.3 Å². The molecule has 3 heterocycles. The molecule has 0 saturated carbocycles. The Labute approximate surface area is 202 Å². The van der Waals surface area contributed by atoms with Gasteiger partial charge in [0, 0.05) is 31.4 Å². The van der Waals surface area contributed by atoms with Crippen LogP contribution in [0.25, 0.3) is 0 Å². The van der Waals surface area contributed by atoms with Gasteiger partial charge in [-0.25, -0.2) is 14.3 Å². The molecule has 0 radical (unpaired) electrons. The molecule has 2 aliphatic heterocycles. The van der Waals surface area contributed by atoms with Gasteiger partial charge in [0.25, 0.3) is 0 Å². The molecule has 0 aliphatic carbocycles. The van der Waals surface area contributed by atoms with Crippen LogP contribution in [0, 0.1) is 0 Å². The number of methoxy groups -OCH3 is 1. The summed E-state index contributed by atoms with van der Waals surface area (Å²) in [5.74, 6) is 0.719. The minimum absolute atomic E-state index is 0.0619. The molecule has 0 bridgehead atoms. The van der Waals surface area contributed by atoms with E-state index in [9.17, 15) is 14.4 Å². The predicted molar refractivity (Wildman–Crippen MR) is 129 cm³/mol. The van der Waals surface area contributed by atoms with E-state index in [2.05, 4.69) is 27.4 Å². The Hall–Kier alpha value is -3.92. The van der Waals surface area contributed by atoms with Crippen LogP contribution in [0.1, 0.15) is 24.2 Å². The molecule has 182 valence electrons. The van der Waals surface area contributed by atoms with E-state index in [-0.39, 0.29) is 25.0 Å². The first-order valence-corrected chi connectivity index (χ1v) is 11.7. The van der Waals surface area contributed by atoms with Crippen molar-refractivity contribution in [1.29, 1.82) is 0 Å². The van der Waals surface area contributed by atoms with Crippen LogP contribution in [0.5, 0.6) is 5.75 Å². The van der Waals surface area contributed by atoms with Crippen LogP contribution in [0.2, 0.25) is 0 Å².